The molecule has 0 aromatic carbocycles. The van der Waals surface area contributed by atoms with E-state index in [-0.39, 0.29) is 27.1 Å². The van der Waals surface area contributed by atoms with E-state index in [0.717, 1.165) is 7.11 Å². The maximum absolute atomic E-state index is 11.2. The summed E-state index contributed by atoms with van der Waals surface area (Å²) in [4.78, 5) is 25.4. The second-order valence-electron chi connectivity index (χ2n) is 2.50. The molecule has 0 saturated heterocycles. The van der Waals surface area contributed by atoms with Crippen LogP contribution < -0.4 is 5.73 Å². The molecule has 15 heavy (non-hydrogen) atoms. The normalized spacial score (nSPS) is 9.80. The molecule has 0 fully saturated rings. The van der Waals surface area contributed by atoms with Gasteiger partial charge in [0, 0.05) is 0 Å². The number of hydrogen-bond donors (Lipinski definition) is 1. The molecule has 5 nitrogen and oxygen atoms in total. The summed E-state index contributed by atoms with van der Waals surface area (Å²) in [7, 11) is 1.16. The van der Waals surface area contributed by atoms with Crippen LogP contribution in [0.2, 0.25) is 10.0 Å². The van der Waals surface area contributed by atoms with E-state index in [9.17, 15) is 9.59 Å². The molecule has 0 amide bonds. The summed E-state index contributed by atoms with van der Waals surface area (Å²) < 4.78 is 4.41. The number of aromatic nitrogens is 1. The van der Waals surface area contributed by atoms with Gasteiger partial charge in [-0.2, -0.15) is 0 Å². The van der Waals surface area contributed by atoms with Crippen LogP contribution in [-0.2, 0) is 4.74 Å². The quantitative estimate of drug-likeness (QED) is 0.635. The summed E-state index contributed by atoms with van der Waals surface area (Å²) in [5.41, 5.74) is 5.02. The first kappa shape index (κ1) is 11.7. The van der Waals surface area contributed by atoms with Crippen molar-refractivity contribution in [2.75, 3.05) is 12.8 Å². The van der Waals surface area contributed by atoms with Crippen molar-refractivity contribution in [3.05, 3.63) is 21.4 Å². The Kier molecular flexibility index (Phi) is 3.49. The van der Waals surface area contributed by atoms with Crippen molar-refractivity contribution in [1.29, 1.82) is 0 Å². The van der Waals surface area contributed by atoms with Gasteiger partial charge in [-0.25, -0.2) is 9.78 Å². The van der Waals surface area contributed by atoms with Crippen LogP contribution in [0.5, 0.6) is 0 Å². The fraction of sp³-hybridized carbons (Fsp3) is 0.125. The number of carbonyl (C=O) groups excluding carboxylic acids is 2. The van der Waals surface area contributed by atoms with Gasteiger partial charge in [-0.05, 0) is 0 Å². The minimum Gasteiger partial charge on any atom is -0.464 e. The van der Waals surface area contributed by atoms with E-state index in [1.54, 1.807) is 0 Å². The molecular formula is C8H6Cl2N2O3. The molecule has 0 atom stereocenters. The Morgan fingerprint density at radius 1 is 1.47 bits per heavy atom. The zero-order valence-electron chi connectivity index (χ0n) is 7.58. The van der Waals surface area contributed by atoms with Gasteiger partial charge in [0.25, 0.3) is 0 Å². The van der Waals surface area contributed by atoms with Crippen LogP contribution in [0.4, 0.5) is 5.69 Å². The Morgan fingerprint density at radius 2 is 2.07 bits per heavy atom. The molecule has 0 bridgehead atoms. The van der Waals surface area contributed by atoms with Crippen LogP contribution in [0.3, 0.4) is 0 Å². The lowest BCUT2D eigenvalue weighted by Gasteiger charge is -2.07. The van der Waals surface area contributed by atoms with Gasteiger partial charge in [-0.1, -0.05) is 23.2 Å². The smallest absolute Gasteiger partial charge is 0.358 e. The standard InChI is InChI=1S/C8H6Cl2N2O3/c1-15-8(14)7-5(10)6(11)4(9)3(2-13)12-7/h2H,1H3,(H2,11,12). The number of anilines is 1. The number of esters is 1. The number of nitrogens with zero attached hydrogens (tertiary/aromatic N) is 1. The maximum atomic E-state index is 11.2. The van der Waals surface area contributed by atoms with Crippen LogP contribution in [0.25, 0.3) is 0 Å². The summed E-state index contributed by atoms with van der Waals surface area (Å²) in [6.45, 7) is 0. The second-order valence-corrected chi connectivity index (χ2v) is 3.25. The van der Waals surface area contributed by atoms with Crippen LogP contribution in [0.1, 0.15) is 21.0 Å². The van der Waals surface area contributed by atoms with Gasteiger partial charge in [-0.3, -0.25) is 4.79 Å². The van der Waals surface area contributed by atoms with Gasteiger partial charge in [0.05, 0.1) is 22.8 Å². The molecule has 1 heterocycles. The molecule has 0 aliphatic rings. The number of ether oxygens (including phenoxy) is 1. The first-order chi connectivity index (χ1) is 7.02. The predicted molar refractivity (Wildman–Crippen MR) is 55.4 cm³/mol. The van der Waals surface area contributed by atoms with Crippen molar-refractivity contribution in [3.8, 4) is 0 Å². The lowest BCUT2D eigenvalue weighted by atomic mass is 10.2. The van der Waals surface area contributed by atoms with E-state index in [2.05, 4.69) is 9.72 Å². The largest absolute Gasteiger partial charge is 0.464 e. The SMILES string of the molecule is COC(=O)c1nc(C=O)c(Cl)c(N)c1Cl. The number of methoxy groups -OCH3 is 1. The summed E-state index contributed by atoms with van der Waals surface area (Å²) in [5, 5.41) is -0.208. The van der Waals surface area contributed by atoms with Crippen molar-refractivity contribution in [3.63, 3.8) is 0 Å². The first-order valence-corrected chi connectivity index (χ1v) is 4.46. The fourth-order valence-corrected chi connectivity index (χ4v) is 1.33. The number of halogens is 2. The monoisotopic (exact) mass is 248 g/mol. The molecule has 0 spiro atoms. The fourth-order valence-electron chi connectivity index (χ4n) is 0.891. The van der Waals surface area contributed by atoms with Crippen molar-refractivity contribution in [1.82, 2.24) is 4.98 Å². The summed E-state index contributed by atoms with van der Waals surface area (Å²) in [6, 6.07) is 0. The Morgan fingerprint density at radius 3 is 2.53 bits per heavy atom. The van der Waals surface area contributed by atoms with Crippen molar-refractivity contribution >= 4 is 41.1 Å². The van der Waals surface area contributed by atoms with E-state index in [1.807, 2.05) is 0 Å². The number of aldehydes is 1. The van der Waals surface area contributed by atoms with Gasteiger partial charge < -0.3 is 10.5 Å². The molecule has 2 N–H and O–H groups in total. The number of carbonyl (C=O) groups is 2. The number of rotatable bonds is 2. The van der Waals surface area contributed by atoms with E-state index in [1.165, 1.54) is 0 Å². The highest BCUT2D eigenvalue weighted by molar-refractivity contribution is 6.41. The van der Waals surface area contributed by atoms with Gasteiger partial charge in [0.15, 0.2) is 12.0 Å². The van der Waals surface area contributed by atoms with E-state index < -0.39 is 5.97 Å². The lowest BCUT2D eigenvalue weighted by molar-refractivity contribution is 0.0594. The molecule has 0 aliphatic carbocycles. The van der Waals surface area contributed by atoms with Crippen molar-refractivity contribution in [2.24, 2.45) is 0 Å². The molecule has 1 aromatic heterocycles. The average molecular weight is 249 g/mol. The zero-order chi connectivity index (χ0) is 11.6. The minimum absolute atomic E-state index is 0.0733. The molecule has 7 heteroatoms. The summed E-state index contributed by atoms with van der Waals surface area (Å²) >= 11 is 11.4. The Labute approximate surface area is 95.1 Å². The van der Waals surface area contributed by atoms with Gasteiger partial charge in [0.2, 0.25) is 0 Å². The highest BCUT2D eigenvalue weighted by Crippen LogP contribution is 2.31. The molecule has 80 valence electrons. The Bertz CT molecular complexity index is 434. The summed E-state index contributed by atoms with van der Waals surface area (Å²) in [5.74, 6) is -0.786. The van der Waals surface area contributed by atoms with E-state index in [0.29, 0.717) is 6.29 Å². The second kappa shape index (κ2) is 4.46. The van der Waals surface area contributed by atoms with Gasteiger partial charge in [0.1, 0.15) is 5.69 Å². The molecule has 0 radical (unpaired) electrons. The third kappa shape index (κ3) is 2.03. The highest BCUT2D eigenvalue weighted by Gasteiger charge is 2.20. The van der Waals surface area contributed by atoms with Crippen molar-refractivity contribution in [2.45, 2.75) is 0 Å². The zero-order valence-corrected chi connectivity index (χ0v) is 9.09. The average Bonchev–Trinajstić information content (AvgIpc) is 2.25. The van der Waals surface area contributed by atoms with Crippen LogP contribution in [0, 0.1) is 0 Å². The van der Waals surface area contributed by atoms with Crippen molar-refractivity contribution < 1.29 is 14.3 Å². The molecule has 0 unspecified atom stereocenters. The minimum atomic E-state index is -0.786. The third-order valence-electron chi connectivity index (χ3n) is 1.63. The number of pyridine rings is 1. The van der Waals surface area contributed by atoms with Gasteiger partial charge >= 0.3 is 5.97 Å². The number of nitrogens with two attached hydrogens (primary N) is 1. The number of nitrogen functional groups attached to an aromatic ring is 1. The van der Waals surface area contributed by atoms with Crippen LogP contribution in [0.15, 0.2) is 0 Å². The third-order valence-corrected chi connectivity index (χ3v) is 2.41. The van der Waals surface area contributed by atoms with Crippen LogP contribution in [-0.4, -0.2) is 24.3 Å². The van der Waals surface area contributed by atoms with Gasteiger partial charge in [-0.15, -0.1) is 0 Å². The highest BCUT2D eigenvalue weighted by atomic mass is 35.5. The first-order valence-electron chi connectivity index (χ1n) is 3.70. The molecule has 0 aliphatic heterocycles. The molecular weight excluding hydrogens is 243 g/mol. The number of hydrogen-bond acceptors (Lipinski definition) is 5. The predicted octanol–water partition coefficient (Wildman–Crippen LogP) is 1.57. The summed E-state index contributed by atoms with van der Waals surface area (Å²) in [6.07, 6.45) is 0.376. The lowest BCUT2D eigenvalue weighted by Crippen LogP contribution is -2.09. The molecule has 0 saturated carbocycles. The molecule has 1 aromatic rings. The van der Waals surface area contributed by atoms with E-state index >= 15 is 0 Å². The maximum Gasteiger partial charge on any atom is 0.358 e. The Balaban J connectivity index is 3.48. The topological polar surface area (TPSA) is 82.3 Å². The van der Waals surface area contributed by atoms with E-state index in [4.69, 9.17) is 28.9 Å². The molecule has 1 rings (SSSR count). The van der Waals surface area contributed by atoms with Crippen LogP contribution >= 0.6 is 23.2 Å². The Hall–Kier alpha value is -1.33.